The monoisotopic (exact) mass is 192 g/mol. The summed E-state index contributed by atoms with van der Waals surface area (Å²) < 4.78 is 5.00. The molecular weight excluding hydrogens is 180 g/mol. The minimum Gasteiger partial charge on any atom is -0.497 e. The number of benzene rings is 1. The molecule has 14 heavy (non-hydrogen) atoms. The van der Waals surface area contributed by atoms with Crippen LogP contribution in [0.25, 0.3) is 0 Å². The Kier molecular flexibility index (Phi) is 3.73. The number of carboxylic acids is 1. The van der Waals surface area contributed by atoms with E-state index in [9.17, 15) is 4.79 Å². The summed E-state index contributed by atoms with van der Waals surface area (Å²) in [4.78, 5) is 10.2. The van der Waals surface area contributed by atoms with Crippen LogP contribution in [0.5, 0.6) is 5.75 Å². The molecule has 0 amide bonds. The summed E-state index contributed by atoms with van der Waals surface area (Å²) in [6.07, 6.45) is 3.38. The van der Waals surface area contributed by atoms with Crippen LogP contribution in [0, 0.1) is 0 Å². The molecule has 0 heterocycles. The van der Waals surface area contributed by atoms with Crippen molar-refractivity contribution in [1.82, 2.24) is 0 Å². The van der Waals surface area contributed by atoms with Crippen molar-refractivity contribution in [3.8, 4) is 5.75 Å². The number of ether oxygens (including phenoxy) is 1. The van der Waals surface area contributed by atoms with Gasteiger partial charge in [0.15, 0.2) is 0 Å². The summed E-state index contributed by atoms with van der Waals surface area (Å²) in [6.45, 7) is 0. The summed E-state index contributed by atoms with van der Waals surface area (Å²) >= 11 is 0. The highest BCUT2D eigenvalue weighted by Gasteiger charge is 1.92. The Labute approximate surface area is 82.6 Å². The molecule has 0 spiro atoms. The first-order chi connectivity index (χ1) is 6.72. The normalized spacial score (nSPS) is 10.4. The third kappa shape index (κ3) is 3.31. The maximum atomic E-state index is 10.2. The van der Waals surface area contributed by atoms with Gasteiger partial charge >= 0.3 is 5.97 Å². The van der Waals surface area contributed by atoms with Crippen LogP contribution in [0.1, 0.15) is 5.56 Å². The fourth-order valence-corrected chi connectivity index (χ4v) is 1.06. The molecule has 0 fully saturated rings. The minimum atomic E-state index is -0.918. The molecule has 3 heteroatoms. The zero-order valence-electron chi connectivity index (χ0n) is 7.93. The zero-order chi connectivity index (χ0) is 10.4. The first-order valence-electron chi connectivity index (χ1n) is 4.25. The smallest absolute Gasteiger partial charge is 0.327 e. The van der Waals surface area contributed by atoms with E-state index in [4.69, 9.17) is 9.84 Å². The highest BCUT2D eigenvalue weighted by atomic mass is 16.5. The van der Waals surface area contributed by atoms with Gasteiger partial charge < -0.3 is 9.84 Å². The summed E-state index contributed by atoms with van der Waals surface area (Å²) in [6, 6.07) is 7.52. The number of methoxy groups -OCH3 is 1. The number of hydrogen-bond donors (Lipinski definition) is 1. The molecule has 0 bridgehead atoms. The minimum absolute atomic E-state index is 0.621. The standard InChI is InChI=1S/C11H12O3/c1-14-10-7-5-9(6-8-10)3-2-4-11(12)13/h2,4-8H,3H2,1H3,(H,12,13). The highest BCUT2D eigenvalue weighted by Crippen LogP contribution is 2.11. The van der Waals surface area contributed by atoms with Crippen molar-refractivity contribution < 1.29 is 14.6 Å². The summed E-state index contributed by atoms with van der Waals surface area (Å²) in [7, 11) is 1.61. The molecule has 0 aliphatic rings. The van der Waals surface area contributed by atoms with Crippen LogP contribution in [-0.2, 0) is 11.2 Å². The lowest BCUT2D eigenvalue weighted by Gasteiger charge is -2.00. The Hall–Kier alpha value is -1.77. The van der Waals surface area contributed by atoms with Crippen LogP contribution in [0.2, 0.25) is 0 Å². The fourth-order valence-electron chi connectivity index (χ4n) is 1.06. The van der Waals surface area contributed by atoms with E-state index in [1.54, 1.807) is 13.2 Å². The van der Waals surface area contributed by atoms with Crippen molar-refractivity contribution in [1.29, 1.82) is 0 Å². The molecule has 3 nitrogen and oxygen atoms in total. The van der Waals surface area contributed by atoms with Crippen molar-refractivity contribution in [3.63, 3.8) is 0 Å². The molecule has 0 atom stereocenters. The summed E-state index contributed by atoms with van der Waals surface area (Å²) in [5.41, 5.74) is 1.06. The Morgan fingerprint density at radius 1 is 1.43 bits per heavy atom. The molecule has 74 valence electrons. The SMILES string of the molecule is COc1ccc(CC=CC(=O)O)cc1. The lowest BCUT2D eigenvalue weighted by Crippen LogP contribution is -1.88. The second-order valence-electron chi connectivity index (χ2n) is 2.79. The number of carbonyl (C=O) groups is 1. The molecule has 1 N–H and O–H groups in total. The average molecular weight is 192 g/mol. The third-order valence-electron chi connectivity index (χ3n) is 1.77. The first kappa shape index (κ1) is 10.3. The molecule has 0 saturated carbocycles. The molecule has 0 aliphatic carbocycles. The number of allylic oxidation sites excluding steroid dienone is 1. The molecule has 0 radical (unpaired) electrons. The lowest BCUT2D eigenvalue weighted by molar-refractivity contribution is -0.131. The van der Waals surface area contributed by atoms with E-state index in [2.05, 4.69) is 0 Å². The van der Waals surface area contributed by atoms with Crippen molar-refractivity contribution in [3.05, 3.63) is 42.0 Å². The van der Waals surface area contributed by atoms with Crippen molar-refractivity contribution in [2.75, 3.05) is 7.11 Å². The highest BCUT2D eigenvalue weighted by molar-refractivity contribution is 5.79. The van der Waals surface area contributed by atoms with E-state index >= 15 is 0 Å². The van der Waals surface area contributed by atoms with Crippen molar-refractivity contribution in [2.24, 2.45) is 0 Å². The van der Waals surface area contributed by atoms with E-state index in [0.29, 0.717) is 6.42 Å². The Bertz CT molecular complexity index is 325. The Morgan fingerprint density at radius 2 is 2.07 bits per heavy atom. The van der Waals surface area contributed by atoms with Gasteiger partial charge in [0.05, 0.1) is 7.11 Å². The second-order valence-corrected chi connectivity index (χ2v) is 2.79. The fraction of sp³-hybridized carbons (Fsp3) is 0.182. The van der Waals surface area contributed by atoms with Gasteiger partial charge in [-0.2, -0.15) is 0 Å². The van der Waals surface area contributed by atoms with E-state index in [1.165, 1.54) is 0 Å². The molecule has 0 saturated heterocycles. The maximum Gasteiger partial charge on any atom is 0.327 e. The Balaban J connectivity index is 2.56. The first-order valence-corrected chi connectivity index (χ1v) is 4.25. The van der Waals surface area contributed by atoms with Crippen LogP contribution >= 0.6 is 0 Å². The van der Waals surface area contributed by atoms with Gasteiger partial charge in [-0.25, -0.2) is 4.79 Å². The van der Waals surface area contributed by atoms with E-state index < -0.39 is 5.97 Å². The summed E-state index contributed by atoms with van der Waals surface area (Å²) in [5.74, 6) is -0.116. The van der Waals surface area contributed by atoms with Gasteiger partial charge in [0.1, 0.15) is 5.75 Å². The lowest BCUT2D eigenvalue weighted by atomic mass is 10.1. The predicted octanol–water partition coefficient (Wildman–Crippen LogP) is 1.88. The Morgan fingerprint density at radius 3 is 2.57 bits per heavy atom. The van der Waals surface area contributed by atoms with Gasteiger partial charge in [-0.05, 0) is 24.1 Å². The van der Waals surface area contributed by atoms with Gasteiger partial charge in [-0.15, -0.1) is 0 Å². The predicted molar refractivity (Wildman–Crippen MR) is 53.5 cm³/mol. The summed E-state index contributed by atoms with van der Waals surface area (Å²) in [5, 5.41) is 8.37. The maximum absolute atomic E-state index is 10.2. The van der Waals surface area contributed by atoms with Crippen LogP contribution < -0.4 is 4.74 Å². The molecule has 1 aromatic rings. The average Bonchev–Trinajstić information content (AvgIpc) is 2.18. The van der Waals surface area contributed by atoms with Crippen molar-refractivity contribution >= 4 is 5.97 Å². The number of carboxylic acid groups (broad SMARTS) is 1. The van der Waals surface area contributed by atoms with Crippen LogP contribution in [0.3, 0.4) is 0 Å². The second kappa shape index (κ2) is 5.07. The van der Waals surface area contributed by atoms with Gasteiger partial charge in [0.2, 0.25) is 0 Å². The van der Waals surface area contributed by atoms with E-state index in [1.807, 2.05) is 24.3 Å². The molecule has 0 unspecified atom stereocenters. The topological polar surface area (TPSA) is 46.5 Å². The molecule has 1 aromatic carbocycles. The van der Waals surface area contributed by atoms with Gasteiger partial charge in [-0.3, -0.25) is 0 Å². The molecule has 1 rings (SSSR count). The largest absolute Gasteiger partial charge is 0.497 e. The molecular formula is C11H12O3. The van der Waals surface area contributed by atoms with Crippen LogP contribution in [0.4, 0.5) is 0 Å². The molecule has 0 aromatic heterocycles. The number of hydrogen-bond acceptors (Lipinski definition) is 2. The van der Waals surface area contributed by atoms with Crippen molar-refractivity contribution in [2.45, 2.75) is 6.42 Å². The van der Waals surface area contributed by atoms with Crippen LogP contribution in [0.15, 0.2) is 36.4 Å². The van der Waals surface area contributed by atoms with Gasteiger partial charge in [0.25, 0.3) is 0 Å². The zero-order valence-corrected chi connectivity index (χ0v) is 7.93. The number of aliphatic carboxylic acids is 1. The van der Waals surface area contributed by atoms with Gasteiger partial charge in [-0.1, -0.05) is 18.2 Å². The molecule has 0 aliphatic heterocycles. The van der Waals surface area contributed by atoms with E-state index in [-0.39, 0.29) is 0 Å². The van der Waals surface area contributed by atoms with Crippen LogP contribution in [-0.4, -0.2) is 18.2 Å². The number of rotatable bonds is 4. The third-order valence-corrected chi connectivity index (χ3v) is 1.77. The van der Waals surface area contributed by atoms with Gasteiger partial charge in [0, 0.05) is 6.08 Å². The van der Waals surface area contributed by atoms with E-state index in [0.717, 1.165) is 17.4 Å². The quantitative estimate of drug-likeness (QED) is 0.741.